The van der Waals surface area contributed by atoms with Gasteiger partial charge in [0.05, 0.1) is 11.3 Å². The number of carbonyl (C=O) groups excluding carboxylic acids is 1. The van der Waals surface area contributed by atoms with E-state index in [1.54, 1.807) is 18.2 Å². The average molecular weight is 311 g/mol. The number of carboxylic acids is 1. The first-order chi connectivity index (χ1) is 9.47. The van der Waals surface area contributed by atoms with Gasteiger partial charge < -0.3 is 5.11 Å². The highest BCUT2D eigenvalue weighted by Crippen LogP contribution is 2.32. The van der Waals surface area contributed by atoms with Crippen LogP contribution in [0.15, 0.2) is 29.2 Å². The third-order valence-electron chi connectivity index (χ3n) is 2.59. The summed E-state index contributed by atoms with van der Waals surface area (Å²) in [5, 5.41) is 8.64. The predicted molar refractivity (Wildman–Crippen MR) is 78.5 cm³/mol. The third kappa shape index (κ3) is 3.43. The fraction of sp³-hybridized carbons (Fsp3) is 0.154. The molecule has 4 nitrogen and oxygen atoms in total. The largest absolute Gasteiger partial charge is 0.481 e. The Bertz CT molecular complexity index is 598. The molecule has 0 bridgehead atoms. The number of thiocarbonyl (C=S) groups is 1. The van der Waals surface area contributed by atoms with Gasteiger partial charge in [-0.3, -0.25) is 14.5 Å². The van der Waals surface area contributed by atoms with Gasteiger partial charge in [0.25, 0.3) is 5.91 Å². The van der Waals surface area contributed by atoms with E-state index in [4.69, 9.17) is 17.3 Å². The molecule has 1 fully saturated rings. The van der Waals surface area contributed by atoms with E-state index in [2.05, 4.69) is 0 Å². The quantitative estimate of drug-likeness (QED) is 0.684. The molecule has 0 aliphatic carbocycles. The summed E-state index contributed by atoms with van der Waals surface area (Å²) in [6, 6.07) is 5.71. The highest BCUT2D eigenvalue weighted by atomic mass is 32.2. The SMILES string of the molecule is O=C(O)CCN1C(=O)C(=Cc2ccc(F)cc2)SC1=S. The van der Waals surface area contributed by atoms with Crippen LogP contribution in [0.4, 0.5) is 4.39 Å². The number of hydrogen-bond donors (Lipinski definition) is 1. The van der Waals surface area contributed by atoms with Gasteiger partial charge in [-0.2, -0.15) is 0 Å². The summed E-state index contributed by atoms with van der Waals surface area (Å²) < 4.78 is 13.1. The molecule has 2 rings (SSSR count). The lowest BCUT2D eigenvalue weighted by Gasteiger charge is -2.12. The normalized spacial score (nSPS) is 17.1. The summed E-state index contributed by atoms with van der Waals surface area (Å²) >= 11 is 6.17. The van der Waals surface area contributed by atoms with Crippen LogP contribution in [0.25, 0.3) is 6.08 Å². The second-order valence-corrected chi connectivity index (χ2v) is 5.70. The summed E-state index contributed by atoms with van der Waals surface area (Å²) in [4.78, 5) is 24.3. The molecular formula is C13H10FNO3S2. The Morgan fingerprint density at radius 2 is 2.05 bits per heavy atom. The smallest absolute Gasteiger partial charge is 0.305 e. The molecule has 0 unspecified atom stereocenters. The molecule has 1 heterocycles. The van der Waals surface area contributed by atoms with Crippen molar-refractivity contribution in [3.63, 3.8) is 0 Å². The highest BCUT2D eigenvalue weighted by Gasteiger charge is 2.31. The van der Waals surface area contributed by atoms with Gasteiger partial charge in [-0.15, -0.1) is 0 Å². The van der Waals surface area contributed by atoms with Crippen molar-refractivity contribution < 1.29 is 19.1 Å². The molecule has 1 aromatic rings. The van der Waals surface area contributed by atoms with Crippen molar-refractivity contribution in [1.29, 1.82) is 0 Å². The molecule has 1 aromatic carbocycles. The molecule has 20 heavy (non-hydrogen) atoms. The number of amides is 1. The topological polar surface area (TPSA) is 57.6 Å². The van der Waals surface area contributed by atoms with E-state index in [0.29, 0.717) is 14.8 Å². The summed E-state index contributed by atoms with van der Waals surface area (Å²) in [7, 11) is 0. The first kappa shape index (κ1) is 14.7. The molecule has 1 amide bonds. The second-order valence-electron chi connectivity index (χ2n) is 4.03. The van der Waals surface area contributed by atoms with Crippen LogP contribution in [0.2, 0.25) is 0 Å². The van der Waals surface area contributed by atoms with Crippen molar-refractivity contribution in [2.45, 2.75) is 6.42 Å². The molecule has 1 N–H and O–H groups in total. The number of rotatable bonds is 4. The first-order valence-corrected chi connectivity index (χ1v) is 6.92. The average Bonchev–Trinajstić information content (AvgIpc) is 2.65. The lowest BCUT2D eigenvalue weighted by Crippen LogP contribution is -2.30. The van der Waals surface area contributed by atoms with Crippen LogP contribution < -0.4 is 0 Å². The Labute approximate surface area is 124 Å². The lowest BCUT2D eigenvalue weighted by atomic mass is 10.2. The zero-order valence-electron chi connectivity index (χ0n) is 10.2. The molecule has 0 spiro atoms. The Morgan fingerprint density at radius 1 is 1.40 bits per heavy atom. The summed E-state index contributed by atoms with van der Waals surface area (Å²) in [6.07, 6.45) is 1.45. The van der Waals surface area contributed by atoms with Crippen molar-refractivity contribution >= 4 is 46.3 Å². The van der Waals surface area contributed by atoms with E-state index in [-0.39, 0.29) is 24.7 Å². The number of halogens is 1. The van der Waals surface area contributed by atoms with E-state index in [0.717, 1.165) is 11.8 Å². The van der Waals surface area contributed by atoms with Crippen molar-refractivity contribution in [2.75, 3.05) is 6.54 Å². The Morgan fingerprint density at radius 3 is 2.65 bits per heavy atom. The molecular weight excluding hydrogens is 301 g/mol. The second kappa shape index (κ2) is 6.15. The van der Waals surface area contributed by atoms with Crippen molar-refractivity contribution in [2.24, 2.45) is 0 Å². The summed E-state index contributed by atoms with van der Waals surface area (Å²) in [6.45, 7) is 0.0563. The van der Waals surface area contributed by atoms with Crippen molar-refractivity contribution in [3.05, 3.63) is 40.6 Å². The van der Waals surface area contributed by atoms with Crippen LogP contribution in [0.1, 0.15) is 12.0 Å². The van der Waals surface area contributed by atoms with Gasteiger partial charge in [-0.25, -0.2) is 4.39 Å². The molecule has 1 saturated heterocycles. The number of hydrogen-bond acceptors (Lipinski definition) is 4. The Kier molecular flexibility index (Phi) is 4.51. The van der Waals surface area contributed by atoms with E-state index in [1.165, 1.54) is 17.0 Å². The summed E-state index contributed by atoms with van der Waals surface area (Å²) in [5.74, 6) is -1.65. The zero-order chi connectivity index (χ0) is 14.7. The van der Waals surface area contributed by atoms with Gasteiger partial charge in [-0.1, -0.05) is 36.1 Å². The fourth-order valence-electron chi connectivity index (χ4n) is 1.61. The van der Waals surface area contributed by atoms with Gasteiger partial charge in [-0.05, 0) is 23.8 Å². The summed E-state index contributed by atoms with van der Waals surface area (Å²) in [5.41, 5.74) is 0.685. The van der Waals surface area contributed by atoms with Gasteiger partial charge in [0.1, 0.15) is 10.1 Å². The fourth-order valence-corrected chi connectivity index (χ4v) is 2.92. The molecule has 0 radical (unpaired) electrons. The molecule has 0 aromatic heterocycles. The highest BCUT2D eigenvalue weighted by molar-refractivity contribution is 8.26. The minimum Gasteiger partial charge on any atom is -0.481 e. The van der Waals surface area contributed by atoms with Crippen LogP contribution in [0.5, 0.6) is 0 Å². The molecule has 1 aliphatic heterocycles. The molecule has 1 aliphatic rings. The minimum atomic E-state index is -0.985. The zero-order valence-corrected chi connectivity index (χ0v) is 11.8. The maximum atomic E-state index is 12.8. The molecule has 7 heteroatoms. The third-order valence-corrected chi connectivity index (χ3v) is 3.97. The van der Waals surface area contributed by atoms with Gasteiger partial charge in [0.2, 0.25) is 0 Å². The first-order valence-electron chi connectivity index (χ1n) is 5.70. The number of carbonyl (C=O) groups is 2. The number of aliphatic carboxylic acids is 1. The standard InChI is InChI=1S/C13H10FNO3S2/c14-9-3-1-8(2-4-9)7-10-12(18)15(13(19)20-10)6-5-11(16)17/h1-4,7H,5-6H2,(H,16,17). The molecule has 0 saturated carbocycles. The van der Waals surface area contributed by atoms with E-state index < -0.39 is 5.97 Å². The predicted octanol–water partition coefficient (Wildman–Crippen LogP) is 2.50. The number of thioether (sulfide) groups is 1. The lowest BCUT2D eigenvalue weighted by molar-refractivity contribution is -0.137. The van der Waals surface area contributed by atoms with E-state index in [9.17, 15) is 14.0 Å². The molecule has 0 atom stereocenters. The van der Waals surface area contributed by atoms with E-state index in [1.807, 2.05) is 0 Å². The van der Waals surface area contributed by atoms with Gasteiger partial charge in [0, 0.05) is 6.54 Å². The number of carboxylic acid groups (broad SMARTS) is 1. The van der Waals surface area contributed by atoms with E-state index >= 15 is 0 Å². The maximum absolute atomic E-state index is 12.8. The van der Waals surface area contributed by atoms with Gasteiger partial charge in [0.15, 0.2) is 0 Å². The Balaban J connectivity index is 2.14. The number of nitrogens with zero attached hydrogens (tertiary/aromatic N) is 1. The maximum Gasteiger partial charge on any atom is 0.305 e. The Hall–Kier alpha value is -1.73. The van der Waals surface area contributed by atoms with Gasteiger partial charge >= 0.3 is 5.97 Å². The number of benzene rings is 1. The van der Waals surface area contributed by atoms with Crippen LogP contribution in [0.3, 0.4) is 0 Å². The van der Waals surface area contributed by atoms with Crippen LogP contribution in [0, 0.1) is 5.82 Å². The van der Waals surface area contributed by atoms with Crippen LogP contribution >= 0.6 is 24.0 Å². The van der Waals surface area contributed by atoms with Crippen LogP contribution in [-0.4, -0.2) is 32.7 Å². The monoisotopic (exact) mass is 311 g/mol. The van der Waals surface area contributed by atoms with Crippen molar-refractivity contribution in [1.82, 2.24) is 4.90 Å². The molecule has 104 valence electrons. The minimum absolute atomic E-state index is 0.0563. The van der Waals surface area contributed by atoms with Crippen LogP contribution in [-0.2, 0) is 9.59 Å². The van der Waals surface area contributed by atoms with Crippen molar-refractivity contribution in [3.8, 4) is 0 Å².